The number of imidazole rings is 1. The minimum Gasteiger partial charge on any atom is -0.369 e. The molecule has 1 aromatic carbocycles. The lowest BCUT2D eigenvalue weighted by Crippen LogP contribution is -2.41. The number of primary amides is 1. The normalized spacial score (nSPS) is 18.2. The average Bonchev–Trinajstić information content (AvgIpc) is 3.10. The van der Waals surface area contributed by atoms with E-state index >= 15 is 0 Å². The maximum absolute atomic E-state index is 12.9. The Hall–Kier alpha value is -2.19. The average molecular weight is 419 g/mol. The van der Waals surface area contributed by atoms with E-state index in [2.05, 4.69) is 9.88 Å². The van der Waals surface area contributed by atoms with E-state index in [0.29, 0.717) is 26.1 Å². The van der Waals surface area contributed by atoms with E-state index in [-0.39, 0.29) is 17.0 Å². The molecule has 0 unspecified atom stereocenters. The number of aryl methyl sites for hydroxylation is 1. The van der Waals surface area contributed by atoms with Crippen molar-refractivity contribution < 1.29 is 13.2 Å². The van der Waals surface area contributed by atoms with Crippen LogP contribution >= 0.6 is 0 Å². The molecule has 8 heteroatoms. The summed E-state index contributed by atoms with van der Waals surface area (Å²) in [5.41, 5.74) is 7.49. The zero-order valence-electron chi connectivity index (χ0n) is 17.1. The van der Waals surface area contributed by atoms with Gasteiger partial charge in [-0.1, -0.05) is 30.3 Å². The van der Waals surface area contributed by atoms with Crippen molar-refractivity contribution in [3.05, 3.63) is 47.8 Å². The smallest absolute Gasteiger partial charge is 0.228 e. The molecule has 1 aliphatic rings. The molecular formula is C21H30N4O3S. The van der Waals surface area contributed by atoms with Gasteiger partial charge in [0.15, 0.2) is 0 Å². The van der Waals surface area contributed by atoms with E-state index in [1.165, 1.54) is 0 Å². The molecule has 7 nitrogen and oxygen atoms in total. The molecule has 1 saturated heterocycles. The number of hydrogen-bond acceptors (Lipinski definition) is 5. The van der Waals surface area contributed by atoms with Crippen molar-refractivity contribution in [1.29, 1.82) is 0 Å². The molecule has 0 spiro atoms. The lowest BCUT2D eigenvalue weighted by molar-refractivity contribution is -0.123. The summed E-state index contributed by atoms with van der Waals surface area (Å²) in [5.74, 6) is -0.418. The van der Waals surface area contributed by atoms with Gasteiger partial charge in [-0.25, -0.2) is 13.4 Å². The molecule has 158 valence electrons. The van der Waals surface area contributed by atoms with Crippen LogP contribution in [0.2, 0.25) is 0 Å². The Balaban J connectivity index is 1.86. The molecule has 0 aliphatic carbocycles. The topological polar surface area (TPSA) is 98.3 Å². The number of carbonyl (C=O) groups excluding carboxylic acids is 1. The van der Waals surface area contributed by atoms with Crippen molar-refractivity contribution >= 4 is 15.7 Å². The number of carbonyl (C=O) groups is 1. The number of aromatic nitrogens is 2. The Morgan fingerprint density at radius 1 is 1.28 bits per heavy atom. The van der Waals surface area contributed by atoms with E-state index in [4.69, 9.17) is 5.73 Å². The first-order valence-electron chi connectivity index (χ1n) is 10.1. The number of piperidine rings is 1. The molecule has 1 fully saturated rings. The third-order valence-corrected chi connectivity index (χ3v) is 7.61. The molecule has 2 heterocycles. The summed E-state index contributed by atoms with van der Waals surface area (Å²) in [6.45, 7) is 5.90. The highest BCUT2D eigenvalue weighted by Crippen LogP contribution is 2.22. The van der Waals surface area contributed by atoms with Crippen molar-refractivity contribution in [2.75, 3.05) is 13.1 Å². The summed E-state index contributed by atoms with van der Waals surface area (Å²) in [6, 6.07) is 10.00. The number of nitrogens with zero attached hydrogens (tertiary/aromatic N) is 3. The van der Waals surface area contributed by atoms with Crippen LogP contribution in [0.15, 0.2) is 41.7 Å². The van der Waals surface area contributed by atoms with Crippen LogP contribution in [-0.4, -0.2) is 47.1 Å². The number of amides is 1. The Labute approximate surface area is 172 Å². The van der Waals surface area contributed by atoms with E-state index in [0.717, 1.165) is 30.6 Å². The van der Waals surface area contributed by atoms with Gasteiger partial charge in [-0.15, -0.1) is 0 Å². The zero-order valence-corrected chi connectivity index (χ0v) is 17.9. The second-order valence-corrected chi connectivity index (χ2v) is 10.4. The lowest BCUT2D eigenvalue weighted by atomic mass is 9.97. The number of nitrogens with two attached hydrogens (primary N) is 1. The molecule has 1 aliphatic heterocycles. The van der Waals surface area contributed by atoms with Gasteiger partial charge in [0, 0.05) is 19.6 Å². The van der Waals surface area contributed by atoms with Crippen molar-refractivity contribution in [1.82, 2.24) is 14.5 Å². The maximum Gasteiger partial charge on any atom is 0.228 e. The minimum atomic E-state index is -3.50. The van der Waals surface area contributed by atoms with Crippen LogP contribution in [0.4, 0.5) is 0 Å². The van der Waals surface area contributed by atoms with Crippen molar-refractivity contribution in [2.24, 2.45) is 11.7 Å². The first-order valence-corrected chi connectivity index (χ1v) is 11.7. The van der Waals surface area contributed by atoms with E-state index in [1.54, 1.807) is 20.0 Å². The fourth-order valence-corrected chi connectivity index (χ4v) is 4.88. The quantitative estimate of drug-likeness (QED) is 0.707. The fraction of sp³-hybridized carbons (Fsp3) is 0.524. The predicted molar refractivity (Wildman–Crippen MR) is 112 cm³/mol. The highest BCUT2D eigenvalue weighted by atomic mass is 32.2. The molecule has 0 bridgehead atoms. The minimum absolute atomic E-state index is 0.127. The molecular weight excluding hydrogens is 388 g/mol. The SMILES string of the molecule is CC(C)S(=O)(=O)c1ncc(CN2CCC[C@@H](C(N)=O)C2)n1CCc1ccccc1. The number of likely N-dealkylation sites (tertiary alicyclic amines) is 1. The fourth-order valence-electron chi connectivity index (χ4n) is 3.74. The molecule has 2 aromatic rings. The number of hydrogen-bond donors (Lipinski definition) is 1. The summed E-state index contributed by atoms with van der Waals surface area (Å²) in [5, 5.41) is -0.413. The Kier molecular flexibility index (Phi) is 6.74. The summed E-state index contributed by atoms with van der Waals surface area (Å²) in [7, 11) is -3.50. The van der Waals surface area contributed by atoms with Crippen molar-refractivity contribution in [2.45, 2.75) is 56.6 Å². The van der Waals surface area contributed by atoms with E-state index in [9.17, 15) is 13.2 Å². The second-order valence-electron chi connectivity index (χ2n) is 7.99. The highest BCUT2D eigenvalue weighted by Gasteiger charge is 2.29. The van der Waals surface area contributed by atoms with Crippen LogP contribution in [0.1, 0.15) is 37.9 Å². The van der Waals surface area contributed by atoms with E-state index in [1.807, 2.05) is 34.9 Å². The Morgan fingerprint density at radius 2 is 2.00 bits per heavy atom. The Morgan fingerprint density at radius 3 is 2.66 bits per heavy atom. The summed E-state index contributed by atoms with van der Waals surface area (Å²) in [6.07, 6.45) is 4.10. The van der Waals surface area contributed by atoms with E-state index < -0.39 is 15.1 Å². The molecule has 29 heavy (non-hydrogen) atoms. The molecule has 1 aromatic heterocycles. The molecule has 0 radical (unpaired) electrons. The zero-order chi connectivity index (χ0) is 21.0. The summed E-state index contributed by atoms with van der Waals surface area (Å²) < 4.78 is 27.5. The van der Waals surface area contributed by atoms with Gasteiger partial charge in [0.1, 0.15) is 0 Å². The largest absolute Gasteiger partial charge is 0.369 e. The van der Waals surface area contributed by atoms with Gasteiger partial charge in [-0.2, -0.15) is 0 Å². The van der Waals surface area contributed by atoms with Crippen LogP contribution in [0.3, 0.4) is 0 Å². The number of benzene rings is 1. The maximum atomic E-state index is 12.9. The van der Waals surface area contributed by atoms with Gasteiger partial charge in [-0.3, -0.25) is 9.69 Å². The first-order chi connectivity index (χ1) is 13.8. The van der Waals surface area contributed by atoms with Gasteiger partial charge in [-0.05, 0) is 45.2 Å². The van der Waals surface area contributed by atoms with Crippen LogP contribution in [0, 0.1) is 5.92 Å². The lowest BCUT2D eigenvalue weighted by Gasteiger charge is -2.31. The first kappa shape index (κ1) is 21.5. The highest BCUT2D eigenvalue weighted by molar-refractivity contribution is 7.91. The van der Waals surface area contributed by atoms with Crippen LogP contribution in [0.5, 0.6) is 0 Å². The molecule has 1 atom stereocenters. The second kappa shape index (κ2) is 9.09. The molecule has 1 amide bonds. The van der Waals surface area contributed by atoms with Gasteiger partial charge >= 0.3 is 0 Å². The third-order valence-electron chi connectivity index (χ3n) is 5.54. The third kappa shape index (κ3) is 5.05. The van der Waals surface area contributed by atoms with Gasteiger partial charge < -0.3 is 10.3 Å². The summed E-state index contributed by atoms with van der Waals surface area (Å²) >= 11 is 0. The standard InChI is InChI=1S/C21H30N4O3S/c1-16(2)29(27,28)21-23-13-19(15-24-11-6-9-18(14-24)20(22)26)25(21)12-10-17-7-4-3-5-8-17/h3-5,7-8,13,16,18H,6,9-12,14-15H2,1-2H3,(H2,22,26)/t18-/m1/s1. The molecule has 2 N–H and O–H groups in total. The number of sulfone groups is 1. The molecule has 0 saturated carbocycles. The van der Waals surface area contributed by atoms with Crippen LogP contribution < -0.4 is 5.73 Å². The predicted octanol–water partition coefficient (Wildman–Crippen LogP) is 2.01. The van der Waals surface area contributed by atoms with Crippen LogP contribution in [-0.2, 0) is 34.1 Å². The van der Waals surface area contributed by atoms with Gasteiger partial charge in [0.2, 0.25) is 20.9 Å². The van der Waals surface area contributed by atoms with Gasteiger partial charge in [0.25, 0.3) is 0 Å². The van der Waals surface area contributed by atoms with Crippen LogP contribution in [0.25, 0.3) is 0 Å². The van der Waals surface area contributed by atoms with Gasteiger partial charge in [0.05, 0.1) is 23.1 Å². The molecule has 3 rings (SSSR count). The van der Waals surface area contributed by atoms with Crippen molar-refractivity contribution in [3.63, 3.8) is 0 Å². The monoisotopic (exact) mass is 418 g/mol. The Bertz CT molecular complexity index is 938. The number of rotatable bonds is 8. The summed E-state index contributed by atoms with van der Waals surface area (Å²) in [4.78, 5) is 18.1. The van der Waals surface area contributed by atoms with Crippen molar-refractivity contribution in [3.8, 4) is 0 Å².